The maximum Gasteiger partial charge on any atom is 0.311 e. The molecule has 24 heavy (non-hydrogen) atoms. The Morgan fingerprint density at radius 3 is 2.75 bits per heavy atom. The van der Waals surface area contributed by atoms with E-state index in [1.54, 1.807) is 12.1 Å². The highest BCUT2D eigenvalue weighted by atomic mass is 16.6. The molecule has 2 rings (SSSR count). The molecule has 1 saturated carbocycles. The molecule has 1 aliphatic rings. The highest BCUT2D eigenvalue weighted by Gasteiger charge is 2.17. The normalized spacial score (nSPS) is 15.6. The first kappa shape index (κ1) is 18.7. The minimum atomic E-state index is -0.401. The van der Waals surface area contributed by atoms with E-state index in [9.17, 15) is 10.1 Å². The second kappa shape index (κ2) is 9.59. The van der Waals surface area contributed by atoms with Gasteiger partial charge in [-0.2, -0.15) is 0 Å². The zero-order valence-corrected chi connectivity index (χ0v) is 14.8. The Hall–Kier alpha value is -1.66. The third kappa shape index (κ3) is 5.46. The average Bonchev–Trinajstić information content (AvgIpc) is 2.61. The molecular formula is C18H29N3O3. The fourth-order valence-electron chi connectivity index (χ4n) is 3.38. The monoisotopic (exact) mass is 335 g/mol. The van der Waals surface area contributed by atoms with Crippen molar-refractivity contribution in [2.24, 2.45) is 0 Å². The highest BCUT2D eigenvalue weighted by Crippen LogP contribution is 2.27. The number of nitro groups is 1. The third-order valence-electron chi connectivity index (χ3n) is 4.83. The van der Waals surface area contributed by atoms with E-state index in [0.717, 1.165) is 31.1 Å². The maximum absolute atomic E-state index is 11.0. The molecule has 0 aromatic heterocycles. The van der Waals surface area contributed by atoms with Gasteiger partial charge in [-0.25, -0.2) is 0 Å². The number of benzene rings is 1. The van der Waals surface area contributed by atoms with Gasteiger partial charge in [0.15, 0.2) is 5.75 Å². The second-order valence-electron chi connectivity index (χ2n) is 6.57. The summed E-state index contributed by atoms with van der Waals surface area (Å²) in [5, 5.41) is 14.4. The minimum absolute atomic E-state index is 0.0221. The lowest BCUT2D eigenvalue weighted by atomic mass is 9.94. The first-order valence-corrected chi connectivity index (χ1v) is 8.84. The van der Waals surface area contributed by atoms with Crippen LogP contribution in [0.15, 0.2) is 18.2 Å². The Kier molecular flexibility index (Phi) is 7.46. The summed E-state index contributed by atoms with van der Waals surface area (Å²) in [6, 6.07) is 5.86. The Labute approximate surface area is 144 Å². The van der Waals surface area contributed by atoms with Gasteiger partial charge in [0.25, 0.3) is 0 Å². The lowest BCUT2D eigenvalue weighted by molar-refractivity contribution is -0.385. The Morgan fingerprint density at radius 2 is 2.08 bits per heavy atom. The Morgan fingerprint density at radius 1 is 1.33 bits per heavy atom. The largest absolute Gasteiger partial charge is 0.490 e. The molecule has 1 aromatic rings. The summed E-state index contributed by atoms with van der Waals surface area (Å²) < 4.78 is 5.02. The van der Waals surface area contributed by atoms with Gasteiger partial charge in [-0.15, -0.1) is 0 Å². The van der Waals surface area contributed by atoms with Gasteiger partial charge >= 0.3 is 5.69 Å². The number of ether oxygens (including phenoxy) is 1. The van der Waals surface area contributed by atoms with Gasteiger partial charge in [0, 0.05) is 18.7 Å². The molecule has 1 N–H and O–H groups in total. The zero-order chi connectivity index (χ0) is 17.4. The molecule has 6 heteroatoms. The summed E-state index contributed by atoms with van der Waals surface area (Å²) in [6.45, 7) is 2.65. The molecule has 0 saturated heterocycles. The number of methoxy groups -OCH3 is 1. The van der Waals surface area contributed by atoms with Gasteiger partial charge in [-0.3, -0.25) is 10.1 Å². The van der Waals surface area contributed by atoms with E-state index in [4.69, 9.17) is 4.74 Å². The molecular weight excluding hydrogens is 306 g/mol. The predicted molar refractivity (Wildman–Crippen MR) is 95.5 cm³/mol. The van der Waals surface area contributed by atoms with E-state index in [1.807, 2.05) is 6.07 Å². The first-order valence-electron chi connectivity index (χ1n) is 8.84. The first-order chi connectivity index (χ1) is 11.6. The van der Waals surface area contributed by atoms with Crippen LogP contribution in [-0.4, -0.2) is 43.1 Å². The van der Waals surface area contributed by atoms with Crippen molar-refractivity contribution in [3.05, 3.63) is 33.9 Å². The van der Waals surface area contributed by atoms with Gasteiger partial charge in [0.2, 0.25) is 0 Å². The number of hydrogen-bond acceptors (Lipinski definition) is 5. The molecule has 1 aromatic carbocycles. The quantitative estimate of drug-likeness (QED) is 0.426. The molecule has 0 aliphatic heterocycles. The van der Waals surface area contributed by atoms with E-state index in [2.05, 4.69) is 17.3 Å². The van der Waals surface area contributed by atoms with Gasteiger partial charge in [-0.05, 0) is 51.0 Å². The van der Waals surface area contributed by atoms with Gasteiger partial charge in [0.1, 0.15) is 0 Å². The topological polar surface area (TPSA) is 67.6 Å². The lowest BCUT2D eigenvalue weighted by Crippen LogP contribution is -2.35. The number of hydrogen-bond donors (Lipinski definition) is 1. The van der Waals surface area contributed by atoms with E-state index in [1.165, 1.54) is 39.2 Å². The molecule has 0 bridgehead atoms. The van der Waals surface area contributed by atoms with Crippen molar-refractivity contribution in [3.63, 3.8) is 0 Å². The summed E-state index contributed by atoms with van der Waals surface area (Å²) in [7, 11) is 3.67. The van der Waals surface area contributed by atoms with Crippen molar-refractivity contribution in [1.82, 2.24) is 10.2 Å². The van der Waals surface area contributed by atoms with Crippen LogP contribution >= 0.6 is 0 Å². The van der Waals surface area contributed by atoms with Crippen LogP contribution in [0.1, 0.15) is 44.1 Å². The van der Waals surface area contributed by atoms with Crippen molar-refractivity contribution in [3.8, 4) is 5.75 Å². The summed E-state index contributed by atoms with van der Waals surface area (Å²) in [5.41, 5.74) is 0.928. The van der Waals surface area contributed by atoms with Crippen LogP contribution in [0.3, 0.4) is 0 Å². The smallest absolute Gasteiger partial charge is 0.311 e. The second-order valence-corrected chi connectivity index (χ2v) is 6.57. The fraction of sp³-hybridized carbons (Fsp3) is 0.667. The van der Waals surface area contributed by atoms with E-state index in [-0.39, 0.29) is 5.69 Å². The molecule has 0 amide bonds. The van der Waals surface area contributed by atoms with Gasteiger partial charge < -0.3 is 15.0 Å². The zero-order valence-electron chi connectivity index (χ0n) is 14.8. The summed E-state index contributed by atoms with van der Waals surface area (Å²) in [6.07, 6.45) is 7.87. The van der Waals surface area contributed by atoms with Crippen LogP contribution in [0.5, 0.6) is 5.75 Å². The summed E-state index contributed by atoms with van der Waals surface area (Å²) in [4.78, 5) is 13.1. The molecule has 0 radical (unpaired) electrons. The van der Waals surface area contributed by atoms with Gasteiger partial charge in [-0.1, -0.05) is 25.3 Å². The van der Waals surface area contributed by atoms with Crippen molar-refractivity contribution in [2.75, 3.05) is 27.2 Å². The molecule has 1 aliphatic carbocycles. The van der Waals surface area contributed by atoms with Crippen molar-refractivity contribution < 1.29 is 9.66 Å². The van der Waals surface area contributed by atoms with Gasteiger partial charge in [0.05, 0.1) is 12.0 Å². The Balaban J connectivity index is 1.70. The standard InChI is InChI=1S/C18H29N3O3/c1-20(16-7-4-3-5-8-16)12-6-11-19-14-15-9-10-18(24-2)17(13-15)21(22)23/h9-10,13,16,19H,3-8,11-12,14H2,1-2H3. The number of nitrogens with one attached hydrogen (secondary N) is 1. The van der Waals surface area contributed by atoms with Crippen LogP contribution in [0.25, 0.3) is 0 Å². The van der Waals surface area contributed by atoms with Crippen molar-refractivity contribution in [1.29, 1.82) is 0 Å². The van der Waals surface area contributed by atoms with Crippen LogP contribution in [-0.2, 0) is 6.54 Å². The van der Waals surface area contributed by atoms with E-state index >= 15 is 0 Å². The molecule has 0 spiro atoms. The van der Waals surface area contributed by atoms with Crippen molar-refractivity contribution in [2.45, 2.75) is 51.1 Å². The average molecular weight is 335 g/mol. The van der Waals surface area contributed by atoms with Crippen LogP contribution < -0.4 is 10.1 Å². The molecule has 1 fully saturated rings. The third-order valence-corrected chi connectivity index (χ3v) is 4.83. The number of nitro benzene ring substituents is 1. The number of nitrogens with zero attached hydrogens (tertiary/aromatic N) is 2. The van der Waals surface area contributed by atoms with Crippen LogP contribution in [0.4, 0.5) is 5.69 Å². The van der Waals surface area contributed by atoms with Crippen molar-refractivity contribution >= 4 is 5.69 Å². The molecule has 0 unspecified atom stereocenters. The fourth-order valence-corrected chi connectivity index (χ4v) is 3.38. The maximum atomic E-state index is 11.0. The molecule has 6 nitrogen and oxygen atoms in total. The minimum Gasteiger partial charge on any atom is -0.490 e. The van der Waals surface area contributed by atoms with Crippen LogP contribution in [0.2, 0.25) is 0 Å². The highest BCUT2D eigenvalue weighted by molar-refractivity contribution is 5.48. The Bertz CT molecular complexity index is 530. The van der Waals surface area contributed by atoms with E-state index < -0.39 is 4.92 Å². The summed E-state index contributed by atoms with van der Waals surface area (Å²) in [5.74, 6) is 0.304. The van der Waals surface area contributed by atoms with E-state index in [0.29, 0.717) is 12.3 Å². The molecule has 134 valence electrons. The molecule has 0 heterocycles. The molecule has 0 atom stereocenters. The lowest BCUT2D eigenvalue weighted by Gasteiger charge is -2.31. The van der Waals surface area contributed by atoms with Crippen LogP contribution in [0, 0.1) is 10.1 Å². The summed E-state index contributed by atoms with van der Waals surface area (Å²) >= 11 is 0. The predicted octanol–water partition coefficient (Wildman–Crippen LogP) is 3.35. The number of rotatable bonds is 9. The SMILES string of the molecule is COc1ccc(CNCCCN(C)C2CCCCC2)cc1[N+](=O)[O-].